The molecule has 1 unspecified atom stereocenters. The Morgan fingerprint density at radius 2 is 2.16 bits per heavy atom. The van der Waals surface area contributed by atoms with Gasteiger partial charge in [-0.3, -0.25) is 0 Å². The third-order valence-corrected chi connectivity index (χ3v) is 4.35. The van der Waals surface area contributed by atoms with E-state index >= 15 is 0 Å². The Morgan fingerprint density at radius 1 is 1.32 bits per heavy atom. The summed E-state index contributed by atoms with van der Waals surface area (Å²) >= 11 is 1.55. The number of tetrazole rings is 1. The lowest BCUT2D eigenvalue weighted by atomic mass is 10.3. The van der Waals surface area contributed by atoms with Crippen LogP contribution in [0.5, 0.6) is 0 Å². The summed E-state index contributed by atoms with van der Waals surface area (Å²) in [6, 6.07) is 9.75. The molecule has 1 saturated carbocycles. The first kappa shape index (κ1) is 12.2. The molecule has 1 aliphatic rings. The van der Waals surface area contributed by atoms with Crippen LogP contribution in [-0.2, 0) is 0 Å². The molecule has 1 N–H and O–H groups in total. The molecule has 1 atom stereocenters. The third kappa shape index (κ3) is 2.46. The highest BCUT2D eigenvalue weighted by Crippen LogP contribution is 2.32. The van der Waals surface area contributed by atoms with Gasteiger partial charge in [0.25, 0.3) is 0 Å². The van der Waals surface area contributed by atoms with Gasteiger partial charge in [0, 0.05) is 0 Å². The van der Waals surface area contributed by atoms with E-state index in [1.807, 2.05) is 30.3 Å². The van der Waals surface area contributed by atoms with E-state index < -0.39 is 0 Å². The molecule has 0 aliphatic heterocycles. The monoisotopic (exact) mass is 275 g/mol. The average molecular weight is 275 g/mol. The van der Waals surface area contributed by atoms with Crippen LogP contribution >= 0.6 is 11.8 Å². The number of benzene rings is 1. The highest BCUT2D eigenvalue weighted by atomic mass is 32.2. The van der Waals surface area contributed by atoms with Gasteiger partial charge >= 0.3 is 0 Å². The maximum absolute atomic E-state index is 8.97. The van der Waals surface area contributed by atoms with E-state index in [-0.39, 0.29) is 5.25 Å². The second-order valence-corrected chi connectivity index (χ2v) is 5.47. The van der Waals surface area contributed by atoms with Gasteiger partial charge in [-0.05, 0) is 41.8 Å². The molecular weight excluding hydrogens is 262 g/mol. The summed E-state index contributed by atoms with van der Waals surface area (Å²) in [5.41, 5.74) is 1.75. The SMILES string of the molecule is O/N=C1/CCCC1Sc1nnnn1-c1ccccc1. The van der Waals surface area contributed by atoms with Crippen LogP contribution in [0.1, 0.15) is 19.3 Å². The van der Waals surface area contributed by atoms with E-state index in [0.717, 1.165) is 35.8 Å². The Labute approximate surface area is 114 Å². The predicted molar refractivity (Wildman–Crippen MR) is 71.9 cm³/mol. The maximum atomic E-state index is 8.97. The lowest BCUT2D eigenvalue weighted by Crippen LogP contribution is -2.11. The van der Waals surface area contributed by atoms with Crippen molar-refractivity contribution in [3.8, 4) is 5.69 Å². The summed E-state index contributed by atoms with van der Waals surface area (Å²) < 4.78 is 1.71. The molecule has 19 heavy (non-hydrogen) atoms. The van der Waals surface area contributed by atoms with E-state index in [4.69, 9.17) is 5.21 Å². The highest BCUT2D eigenvalue weighted by Gasteiger charge is 2.26. The standard InChI is InChI=1S/C12H13N5OS/c18-14-10-7-4-8-11(10)19-12-13-15-16-17(12)9-5-2-1-3-6-9/h1-3,5-6,11,18H,4,7-8H2/b14-10-. The van der Waals surface area contributed by atoms with E-state index in [1.165, 1.54) is 0 Å². The first-order valence-electron chi connectivity index (χ1n) is 6.10. The summed E-state index contributed by atoms with van der Waals surface area (Å²) in [6.07, 6.45) is 2.89. The van der Waals surface area contributed by atoms with Crippen molar-refractivity contribution in [1.29, 1.82) is 0 Å². The van der Waals surface area contributed by atoms with Gasteiger partial charge in [0.05, 0.1) is 16.6 Å². The van der Waals surface area contributed by atoms with Gasteiger partial charge in [0.1, 0.15) is 0 Å². The molecular formula is C12H13N5OS. The number of rotatable bonds is 3. The van der Waals surface area contributed by atoms with E-state index in [0.29, 0.717) is 0 Å². The average Bonchev–Trinajstić information content (AvgIpc) is 3.09. The Bertz CT molecular complexity index is 583. The van der Waals surface area contributed by atoms with E-state index in [1.54, 1.807) is 16.4 Å². The third-order valence-electron chi connectivity index (χ3n) is 3.09. The van der Waals surface area contributed by atoms with Crippen LogP contribution in [-0.4, -0.2) is 36.4 Å². The van der Waals surface area contributed by atoms with Crippen molar-refractivity contribution in [2.45, 2.75) is 29.7 Å². The number of aromatic nitrogens is 4. The van der Waals surface area contributed by atoms with Crippen LogP contribution in [0.15, 0.2) is 40.6 Å². The number of para-hydroxylation sites is 1. The fourth-order valence-electron chi connectivity index (χ4n) is 2.15. The molecule has 98 valence electrons. The first-order chi connectivity index (χ1) is 9.38. The number of oxime groups is 1. The Hall–Kier alpha value is -1.89. The van der Waals surface area contributed by atoms with E-state index in [2.05, 4.69) is 20.7 Å². The zero-order chi connectivity index (χ0) is 13.1. The largest absolute Gasteiger partial charge is 0.411 e. The van der Waals surface area contributed by atoms with Crippen molar-refractivity contribution >= 4 is 17.5 Å². The van der Waals surface area contributed by atoms with Crippen LogP contribution < -0.4 is 0 Å². The molecule has 0 spiro atoms. The summed E-state index contributed by atoms with van der Waals surface area (Å²) in [6.45, 7) is 0. The molecule has 0 amide bonds. The van der Waals surface area contributed by atoms with Crippen LogP contribution in [0.4, 0.5) is 0 Å². The van der Waals surface area contributed by atoms with Gasteiger partial charge in [0.2, 0.25) is 5.16 Å². The van der Waals surface area contributed by atoms with Crippen molar-refractivity contribution < 1.29 is 5.21 Å². The Kier molecular flexibility index (Phi) is 3.45. The number of hydrogen-bond donors (Lipinski definition) is 1. The minimum Gasteiger partial charge on any atom is -0.411 e. The molecule has 0 saturated heterocycles. The molecule has 1 heterocycles. The molecule has 3 rings (SSSR count). The fraction of sp³-hybridized carbons (Fsp3) is 0.333. The van der Waals surface area contributed by atoms with Gasteiger partial charge in [-0.1, -0.05) is 35.1 Å². The quantitative estimate of drug-likeness (QED) is 0.686. The Balaban J connectivity index is 1.85. The van der Waals surface area contributed by atoms with Crippen molar-refractivity contribution in [2.24, 2.45) is 5.16 Å². The van der Waals surface area contributed by atoms with Crippen LogP contribution in [0.25, 0.3) is 5.69 Å². The van der Waals surface area contributed by atoms with Crippen LogP contribution in [0.3, 0.4) is 0 Å². The zero-order valence-electron chi connectivity index (χ0n) is 10.2. The molecule has 1 aromatic heterocycles. The van der Waals surface area contributed by atoms with Gasteiger partial charge < -0.3 is 5.21 Å². The van der Waals surface area contributed by atoms with Crippen molar-refractivity contribution in [2.75, 3.05) is 0 Å². The highest BCUT2D eigenvalue weighted by molar-refractivity contribution is 8.00. The molecule has 1 aromatic carbocycles. The maximum Gasteiger partial charge on any atom is 0.214 e. The van der Waals surface area contributed by atoms with Crippen LogP contribution in [0.2, 0.25) is 0 Å². The molecule has 2 aromatic rings. The number of hydrogen-bond acceptors (Lipinski definition) is 6. The second kappa shape index (κ2) is 5.40. The van der Waals surface area contributed by atoms with Crippen molar-refractivity contribution in [1.82, 2.24) is 20.2 Å². The molecule has 0 bridgehead atoms. The molecule has 0 radical (unpaired) electrons. The lowest BCUT2D eigenvalue weighted by Gasteiger charge is -2.09. The van der Waals surface area contributed by atoms with Gasteiger partial charge in [-0.2, -0.15) is 4.68 Å². The molecule has 1 fully saturated rings. The summed E-state index contributed by atoms with van der Waals surface area (Å²) in [7, 11) is 0. The minimum absolute atomic E-state index is 0.165. The topological polar surface area (TPSA) is 76.2 Å². The summed E-state index contributed by atoms with van der Waals surface area (Å²) in [4.78, 5) is 0. The van der Waals surface area contributed by atoms with Crippen molar-refractivity contribution in [3.63, 3.8) is 0 Å². The van der Waals surface area contributed by atoms with Gasteiger partial charge in [-0.25, -0.2) is 0 Å². The second-order valence-electron chi connectivity index (χ2n) is 4.30. The first-order valence-corrected chi connectivity index (χ1v) is 6.98. The normalized spacial score (nSPS) is 21.1. The zero-order valence-corrected chi connectivity index (χ0v) is 11.0. The van der Waals surface area contributed by atoms with Gasteiger partial charge in [0.15, 0.2) is 0 Å². The van der Waals surface area contributed by atoms with Crippen LogP contribution in [0, 0.1) is 0 Å². The number of nitrogens with zero attached hydrogens (tertiary/aromatic N) is 5. The van der Waals surface area contributed by atoms with E-state index in [9.17, 15) is 0 Å². The summed E-state index contributed by atoms with van der Waals surface area (Å²) in [5, 5.41) is 25.0. The Morgan fingerprint density at radius 3 is 2.95 bits per heavy atom. The molecule has 7 heteroatoms. The number of thioether (sulfide) groups is 1. The van der Waals surface area contributed by atoms with Gasteiger partial charge in [-0.15, -0.1) is 5.10 Å². The van der Waals surface area contributed by atoms with Crippen molar-refractivity contribution in [3.05, 3.63) is 30.3 Å². The molecule has 1 aliphatic carbocycles. The molecule has 6 nitrogen and oxygen atoms in total. The predicted octanol–water partition coefficient (Wildman–Crippen LogP) is 2.14. The summed E-state index contributed by atoms with van der Waals surface area (Å²) in [5.74, 6) is 0. The smallest absolute Gasteiger partial charge is 0.214 e. The fourth-order valence-corrected chi connectivity index (χ4v) is 3.31. The lowest BCUT2D eigenvalue weighted by molar-refractivity contribution is 0.317. The minimum atomic E-state index is 0.165.